The normalized spacial score (nSPS) is 26.2. The van der Waals surface area contributed by atoms with Crippen molar-refractivity contribution in [1.82, 2.24) is 0 Å². The Morgan fingerprint density at radius 1 is 0.576 bits per heavy atom. The number of hydrogen-bond acceptors (Lipinski definition) is 0. The monoisotopic (exact) mass is 478 g/mol. The van der Waals surface area contributed by atoms with Crippen LogP contribution in [-0.2, 0) is 0 Å². The highest BCUT2D eigenvalue weighted by molar-refractivity contribution is 7.73. The summed E-state index contributed by atoms with van der Waals surface area (Å²) in [6, 6.07) is 23.2. The first-order valence-corrected chi connectivity index (χ1v) is 17.0. The van der Waals surface area contributed by atoms with E-state index in [9.17, 15) is 0 Å². The van der Waals surface area contributed by atoms with E-state index >= 15 is 0 Å². The molecular weight excluding hydrogens is 434 g/mol. The molecule has 0 amide bonds. The summed E-state index contributed by atoms with van der Waals surface area (Å²) in [6.07, 6.45) is 19.6. The van der Waals surface area contributed by atoms with Crippen molar-refractivity contribution in [2.24, 2.45) is 5.92 Å². The first-order chi connectivity index (χ1) is 16.3. The number of hydrogen-bond donors (Lipinski definition) is 0. The first kappa shape index (κ1) is 24.0. The largest absolute Gasteiger partial charge is 0.0971 e. The molecule has 2 aromatic carbocycles. The summed E-state index contributed by atoms with van der Waals surface area (Å²) in [6.45, 7) is 2.75. The van der Waals surface area contributed by atoms with E-state index in [0.29, 0.717) is 0 Å². The van der Waals surface area contributed by atoms with E-state index in [-0.39, 0.29) is 15.8 Å². The molecule has 0 saturated heterocycles. The van der Waals surface area contributed by atoms with Crippen LogP contribution in [0, 0.1) is 5.92 Å². The van der Waals surface area contributed by atoms with Gasteiger partial charge in [0.15, 0.2) is 0 Å². The van der Waals surface area contributed by atoms with Crippen LogP contribution < -0.4 is 10.6 Å². The van der Waals surface area contributed by atoms with Crippen LogP contribution in [0.1, 0.15) is 90.4 Å². The van der Waals surface area contributed by atoms with E-state index < -0.39 is 0 Å². The van der Waals surface area contributed by atoms with Gasteiger partial charge in [0.1, 0.15) is 0 Å². The fourth-order valence-electron chi connectivity index (χ4n) is 7.50. The lowest BCUT2D eigenvalue weighted by Crippen LogP contribution is -2.34. The highest BCUT2D eigenvalue weighted by Crippen LogP contribution is 2.64. The second-order valence-electron chi connectivity index (χ2n) is 11.0. The van der Waals surface area contributed by atoms with Gasteiger partial charge in [0.25, 0.3) is 0 Å². The van der Waals surface area contributed by atoms with Crippen LogP contribution in [-0.4, -0.2) is 22.6 Å². The van der Waals surface area contributed by atoms with Crippen molar-refractivity contribution >= 4 is 26.5 Å². The van der Waals surface area contributed by atoms with Crippen molar-refractivity contribution in [2.45, 2.75) is 113 Å². The van der Waals surface area contributed by atoms with Gasteiger partial charge in [-0.05, 0) is 85.6 Å². The van der Waals surface area contributed by atoms with Crippen LogP contribution >= 0.6 is 15.8 Å². The van der Waals surface area contributed by atoms with Crippen molar-refractivity contribution < 1.29 is 0 Å². The highest BCUT2D eigenvalue weighted by Gasteiger charge is 2.44. The van der Waals surface area contributed by atoms with Gasteiger partial charge < -0.3 is 0 Å². The molecule has 3 fully saturated rings. The van der Waals surface area contributed by atoms with Gasteiger partial charge in [-0.2, -0.15) is 0 Å². The predicted octanol–water partition coefficient (Wildman–Crippen LogP) is 8.82. The summed E-state index contributed by atoms with van der Waals surface area (Å²) < 4.78 is 0. The van der Waals surface area contributed by atoms with Crippen LogP contribution in [0.5, 0.6) is 0 Å². The van der Waals surface area contributed by atoms with E-state index in [1.165, 1.54) is 57.8 Å². The average molecular weight is 479 g/mol. The molecule has 0 N–H and O–H groups in total. The van der Waals surface area contributed by atoms with Crippen molar-refractivity contribution in [3.8, 4) is 0 Å². The zero-order chi connectivity index (χ0) is 22.5. The average Bonchev–Trinajstić information content (AvgIpc) is 3.36. The second kappa shape index (κ2) is 11.8. The Kier molecular flexibility index (Phi) is 8.60. The molecule has 3 saturated carbocycles. The summed E-state index contributed by atoms with van der Waals surface area (Å²) in [7, 11) is -0.121. The van der Waals surface area contributed by atoms with Gasteiger partial charge in [0.05, 0.1) is 0 Å². The Bertz CT molecular complexity index is 765. The third kappa shape index (κ3) is 5.60. The third-order valence-electron chi connectivity index (χ3n) is 9.01. The molecule has 0 heterocycles. The van der Waals surface area contributed by atoms with Gasteiger partial charge in [-0.1, -0.05) is 120 Å². The van der Waals surface area contributed by atoms with Gasteiger partial charge in [0.2, 0.25) is 0 Å². The molecule has 3 aliphatic rings. The van der Waals surface area contributed by atoms with Gasteiger partial charge in [-0.15, -0.1) is 0 Å². The van der Waals surface area contributed by atoms with Gasteiger partial charge in [0, 0.05) is 0 Å². The molecule has 0 aliphatic heterocycles. The summed E-state index contributed by atoms with van der Waals surface area (Å²) in [4.78, 5) is 0. The second-order valence-corrected chi connectivity index (χ2v) is 16.6. The lowest BCUT2D eigenvalue weighted by Gasteiger charge is -2.46. The highest BCUT2D eigenvalue weighted by atomic mass is 31.1. The van der Waals surface area contributed by atoms with Crippen LogP contribution in [0.2, 0.25) is 0 Å². The van der Waals surface area contributed by atoms with Crippen LogP contribution in [0.3, 0.4) is 0 Å². The number of benzene rings is 2. The predicted molar refractivity (Wildman–Crippen MR) is 150 cm³/mol. The molecule has 2 heteroatoms. The van der Waals surface area contributed by atoms with E-state index in [0.717, 1.165) is 28.6 Å². The first-order valence-electron chi connectivity index (χ1n) is 14.0. The van der Waals surface area contributed by atoms with Gasteiger partial charge >= 0.3 is 0 Å². The van der Waals surface area contributed by atoms with E-state index in [1.807, 2.05) is 0 Å². The van der Waals surface area contributed by atoms with Crippen molar-refractivity contribution in [3.63, 3.8) is 0 Å². The van der Waals surface area contributed by atoms with Crippen LogP contribution in [0.25, 0.3) is 0 Å². The molecule has 3 atom stereocenters. The Labute approximate surface area is 205 Å². The van der Waals surface area contributed by atoms with E-state index in [2.05, 4.69) is 67.6 Å². The van der Waals surface area contributed by atoms with Crippen LogP contribution in [0.4, 0.5) is 0 Å². The maximum absolute atomic E-state index is 2.75. The third-order valence-corrected chi connectivity index (χ3v) is 16.1. The molecule has 33 heavy (non-hydrogen) atoms. The molecule has 2 aromatic rings. The topological polar surface area (TPSA) is 0 Å². The molecule has 0 aromatic heterocycles. The SMILES string of the molecule is CC(C1CCC[C@@H]1P(c1ccccc1)c1ccccc1)P(C1CCCCC1)C1CCCCC1. The molecule has 0 bridgehead atoms. The Balaban J connectivity index is 1.45. The lowest BCUT2D eigenvalue weighted by molar-refractivity contribution is 0.467. The molecule has 2 unspecified atom stereocenters. The lowest BCUT2D eigenvalue weighted by atomic mass is 9.99. The molecule has 0 radical (unpaired) electrons. The van der Waals surface area contributed by atoms with E-state index in [1.54, 1.807) is 36.3 Å². The zero-order valence-corrected chi connectivity index (χ0v) is 22.5. The van der Waals surface area contributed by atoms with Crippen molar-refractivity contribution in [1.29, 1.82) is 0 Å². The molecule has 3 aliphatic carbocycles. The zero-order valence-electron chi connectivity index (χ0n) is 20.7. The van der Waals surface area contributed by atoms with Gasteiger partial charge in [-0.3, -0.25) is 0 Å². The number of rotatable bonds is 7. The van der Waals surface area contributed by atoms with Crippen molar-refractivity contribution in [2.75, 3.05) is 0 Å². The molecule has 0 nitrogen and oxygen atoms in total. The molecule has 5 rings (SSSR count). The maximum Gasteiger partial charge on any atom is -0.00945 e. The smallest absolute Gasteiger partial charge is 0.00945 e. The fourth-order valence-corrected chi connectivity index (χ4v) is 15.6. The van der Waals surface area contributed by atoms with Crippen molar-refractivity contribution in [3.05, 3.63) is 60.7 Å². The Hall–Kier alpha value is -0.700. The minimum atomic E-state index is -0.273. The summed E-state index contributed by atoms with van der Waals surface area (Å²) in [5, 5.41) is 3.23. The van der Waals surface area contributed by atoms with Gasteiger partial charge in [-0.25, -0.2) is 0 Å². The Morgan fingerprint density at radius 3 is 1.55 bits per heavy atom. The fraction of sp³-hybridized carbons (Fsp3) is 0.613. The Morgan fingerprint density at radius 2 is 1.06 bits per heavy atom. The molecule has 0 spiro atoms. The standard InChI is InChI=1S/C31H44P2/c1-25(32(26-15-6-2-7-16-26)27-17-8-3-9-18-27)30-23-14-24-31(30)33(28-19-10-4-11-20-28)29-21-12-5-13-22-29/h4-5,10-13,19-22,25-27,30-31H,2-3,6-9,14-18,23-24H2,1H3/t25?,30?,31-/m0/s1. The summed E-state index contributed by atoms with van der Waals surface area (Å²) in [5.74, 6) is 0.937. The minimum Gasteiger partial charge on any atom is -0.0971 e. The van der Waals surface area contributed by atoms with E-state index in [4.69, 9.17) is 0 Å². The quantitative estimate of drug-likeness (QED) is 0.349. The molecule has 178 valence electrons. The maximum atomic E-state index is 2.75. The molecular formula is C31H44P2. The van der Waals surface area contributed by atoms with Crippen LogP contribution in [0.15, 0.2) is 60.7 Å². The summed E-state index contributed by atoms with van der Waals surface area (Å²) in [5.41, 5.74) is 3.98. The summed E-state index contributed by atoms with van der Waals surface area (Å²) >= 11 is 0. The minimum absolute atomic E-state index is 0.152.